The summed E-state index contributed by atoms with van der Waals surface area (Å²) in [6, 6.07) is 70.8. The van der Waals surface area contributed by atoms with Gasteiger partial charge in [-0.25, -0.2) is 0 Å². The Labute approximate surface area is 321 Å². The summed E-state index contributed by atoms with van der Waals surface area (Å²) in [5.41, 5.74) is 19.1. The van der Waals surface area contributed by atoms with Crippen molar-refractivity contribution in [2.45, 2.75) is 24.7 Å². The average Bonchev–Trinajstić information content (AvgIpc) is 3.80. The SMILES string of the molecule is CC1(C)c2ccccc2-c2ccc(N(c3ccc4c(ccc5ccccc54)c3)c3cccc4c3-c3ccccc3C43c4ccccc4-c4ccccc43)cc21. The van der Waals surface area contributed by atoms with Gasteiger partial charge in [0.05, 0.1) is 11.1 Å². The van der Waals surface area contributed by atoms with E-state index >= 15 is 0 Å². The Morgan fingerprint density at radius 3 is 1.60 bits per heavy atom. The monoisotopic (exact) mass is 699 g/mol. The first-order valence-corrected chi connectivity index (χ1v) is 19.4. The number of nitrogens with zero attached hydrogens (tertiary/aromatic N) is 1. The van der Waals surface area contributed by atoms with Crippen molar-refractivity contribution in [2.24, 2.45) is 0 Å². The number of rotatable bonds is 3. The Morgan fingerprint density at radius 2 is 0.855 bits per heavy atom. The maximum atomic E-state index is 2.54. The van der Waals surface area contributed by atoms with Gasteiger partial charge in [-0.05, 0) is 113 Å². The van der Waals surface area contributed by atoms with Crippen molar-refractivity contribution >= 4 is 38.6 Å². The van der Waals surface area contributed by atoms with E-state index in [0.717, 1.165) is 5.69 Å². The van der Waals surface area contributed by atoms with Crippen molar-refractivity contribution in [3.05, 3.63) is 221 Å². The molecule has 0 radical (unpaired) electrons. The summed E-state index contributed by atoms with van der Waals surface area (Å²) >= 11 is 0. The van der Waals surface area contributed by atoms with Gasteiger partial charge in [0.1, 0.15) is 0 Å². The molecule has 0 aliphatic heterocycles. The summed E-state index contributed by atoms with van der Waals surface area (Å²) in [6.45, 7) is 4.75. The Kier molecular flexibility index (Phi) is 6.11. The number of hydrogen-bond donors (Lipinski definition) is 0. The third-order valence-corrected chi connectivity index (χ3v) is 13.1. The summed E-state index contributed by atoms with van der Waals surface area (Å²) < 4.78 is 0. The van der Waals surface area contributed by atoms with Crippen LogP contribution in [0.4, 0.5) is 17.1 Å². The van der Waals surface area contributed by atoms with Gasteiger partial charge in [-0.15, -0.1) is 0 Å². The molecule has 55 heavy (non-hydrogen) atoms. The van der Waals surface area contributed by atoms with Crippen molar-refractivity contribution in [3.8, 4) is 33.4 Å². The summed E-state index contributed by atoms with van der Waals surface area (Å²) in [6.07, 6.45) is 0. The molecule has 0 amide bonds. The summed E-state index contributed by atoms with van der Waals surface area (Å²) in [5, 5.41) is 5.05. The first kappa shape index (κ1) is 30.7. The lowest BCUT2D eigenvalue weighted by Gasteiger charge is -2.32. The molecular formula is C54H37N. The first-order chi connectivity index (χ1) is 27.0. The maximum Gasteiger partial charge on any atom is 0.0726 e. The Hall–Kier alpha value is -6.70. The number of hydrogen-bond acceptors (Lipinski definition) is 1. The van der Waals surface area contributed by atoms with Gasteiger partial charge in [-0.3, -0.25) is 0 Å². The minimum atomic E-state index is -0.412. The van der Waals surface area contributed by atoms with E-state index in [1.165, 1.54) is 99.7 Å². The molecule has 0 heterocycles. The van der Waals surface area contributed by atoms with Gasteiger partial charge in [0.25, 0.3) is 0 Å². The quantitative estimate of drug-likeness (QED) is 0.166. The topological polar surface area (TPSA) is 3.24 Å². The molecule has 0 bridgehead atoms. The largest absolute Gasteiger partial charge is 0.310 e. The lowest BCUT2D eigenvalue weighted by Crippen LogP contribution is -2.26. The fourth-order valence-corrected chi connectivity index (χ4v) is 10.7. The van der Waals surface area contributed by atoms with E-state index in [2.05, 4.69) is 207 Å². The second-order valence-electron chi connectivity index (χ2n) is 16.0. The molecule has 12 rings (SSSR count). The van der Waals surface area contributed by atoms with Gasteiger partial charge in [-0.1, -0.05) is 172 Å². The normalized spacial score (nSPS) is 14.7. The summed E-state index contributed by atoms with van der Waals surface area (Å²) in [4.78, 5) is 2.54. The Bertz CT molecular complexity index is 3040. The van der Waals surface area contributed by atoms with Crippen LogP contribution in [0.2, 0.25) is 0 Å². The van der Waals surface area contributed by atoms with Gasteiger partial charge in [0.2, 0.25) is 0 Å². The minimum Gasteiger partial charge on any atom is -0.310 e. The van der Waals surface area contributed by atoms with Crippen molar-refractivity contribution in [1.29, 1.82) is 0 Å². The van der Waals surface area contributed by atoms with E-state index in [9.17, 15) is 0 Å². The highest BCUT2D eigenvalue weighted by Crippen LogP contribution is 2.65. The molecule has 0 unspecified atom stereocenters. The smallest absolute Gasteiger partial charge is 0.0726 e. The van der Waals surface area contributed by atoms with E-state index in [1.807, 2.05) is 0 Å². The molecule has 0 aromatic heterocycles. The van der Waals surface area contributed by atoms with E-state index in [4.69, 9.17) is 0 Å². The van der Waals surface area contributed by atoms with Gasteiger partial charge in [0.15, 0.2) is 0 Å². The van der Waals surface area contributed by atoms with Gasteiger partial charge >= 0.3 is 0 Å². The summed E-state index contributed by atoms with van der Waals surface area (Å²) in [7, 11) is 0. The van der Waals surface area contributed by atoms with Gasteiger partial charge in [0, 0.05) is 22.4 Å². The van der Waals surface area contributed by atoms with Gasteiger partial charge < -0.3 is 4.90 Å². The van der Waals surface area contributed by atoms with Crippen LogP contribution in [0.1, 0.15) is 47.2 Å². The van der Waals surface area contributed by atoms with E-state index < -0.39 is 5.41 Å². The molecule has 9 aromatic rings. The van der Waals surface area contributed by atoms with E-state index in [1.54, 1.807) is 0 Å². The van der Waals surface area contributed by atoms with Crippen molar-refractivity contribution in [2.75, 3.05) is 4.90 Å². The van der Waals surface area contributed by atoms with Crippen molar-refractivity contribution < 1.29 is 0 Å². The van der Waals surface area contributed by atoms with Crippen LogP contribution in [0.3, 0.4) is 0 Å². The lowest BCUT2D eigenvalue weighted by atomic mass is 9.70. The first-order valence-electron chi connectivity index (χ1n) is 19.4. The fourth-order valence-electron chi connectivity index (χ4n) is 10.7. The molecule has 0 N–H and O–H groups in total. The second kappa shape index (κ2) is 10.9. The number of anilines is 3. The Morgan fingerprint density at radius 1 is 0.345 bits per heavy atom. The minimum absolute atomic E-state index is 0.123. The number of benzene rings is 9. The van der Waals surface area contributed by atoms with E-state index in [0.29, 0.717) is 0 Å². The number of fused-ring (bicyclic) bond motifs is 16. The van der Waals surface area contributed by atoms with Crippen molar-refractivity contribution in [1.82, 2.24) is 0 Å². The van der Waals surface area contributed by atoms with Crippen LogP contribution in [0, 0.1) is 0 Å². The standard InChI is InChI=1S/C54H37N/c1-53(2)45-20-9-5-16-40(45)43-31-29-37(33-50(43)53)55(36-28-30-39-35(32-36)27-26-34-14-3-4-15-38(34)39)51-25-13-24-49-52(51)44-19-8-12-23-48(44)54(49)46-21-10-6-17-41(46)42-18-7-11-22-47(42)54/h3-33H,1-2H3. The molecule has 1 heteroatoms. The highest BCUT2D eigenvalue weighted by molar-refractivity contribution is 6.09. The van der Waals surface area contributed by atoms with Crippen molar-refractivity contribution in [3.63, 3.8) is 0 Å². The molecule has 0 fully saturated rings. The molecule has 3 aliphatic rings. The predicted octanol–water partition coefficient (Wildman–Crippen LogP) is 14.1. The van der Waals surface area contributed by atoms with Crippen LogP contribution in [-0.4, -0.2) is 0 Å². The fraction of sp³-hybridized carbons (Fsp3) is 0.0741. The van der Waals surface area contributed by atoms with Crippen LogP contribution in [0.25, 0.3) is 54.9 Å². The Balaban J connectivity index is 1.16. The molecule has 0 atom stereocenters. The van der Waals surface area contributed by atoms with Crippen LogP contribution in [0.15, 0.2) is 188 Å². The highest BCUT2D eigenvalue weighted by atomic mass is 15.1. The van der Waals surface area contributed by atoms with Crippen LogP contribution in [0.5, 0.6) is 0 Å². The zero-order chi connectivity index (χ0) is 36.5. The average molecular weight is 700 g/mol. The predicted molar refractivity (Wildman–Crippen MR) is 230 cm³/mol. The van der Waals surface area contributed by atoms with E-state index in [-0.39, 0.29) is 5.41 Å². The highest BCUT2D eigenvalue weighted by Gasteiger charge is 2.52. The zero-order valence-electron chi connectivity index (χ0n) is 30.8. The third-order valence-electron chi connectivity index (χ3n) is 13.1. The molecule has 258 valence electrons. The van der Waals surface area contributed by atoms with Crippen LogP contribution < -0.4 is 4.90 Å². The molecule has 1 spiro atoms. The zero-order valence-corrected chi connectivity index (χ0v) is 30.8. The maximum absolute atomic E-state index is 2.54. The molecule has 1 nitrogen and oxygen atoms in total. The second-order valence-corrected chi connectivity index (χ2v) is 16.0. The molecule has 9 aromatic carbocycles. The van der Waals surface area contributed by atoms with Gasteiger partial charge in [-0.2, -0.15) is 0 Å². The van der Waals surface area contributed by atoms with Crippen LogP contribution in [-0.2, 0) is 10.8 Å². The summed E-state index contributed by atoms with van der Waals surface area (Å²) in [5.74, 6) is 0. The molecular weight excluding hydrogens is 663 g/mol. The molecule has 0 saturated heterocycles. The lowest BCUT2D eigenvalue weighted by molar-refractivity contribution is 0.660. The van der Waals surface area contributed by atoms with Crippen LogP contribution >= 0.6 is 0 Å². The molecule has 0 saturated carbocycles. The third kappa shape index (κ3) is 3.92. The molecule has 3 aliphatic carbocycles.